The van der Waals surface area contributed by atoms with Gasteiger partial charge in [-0.25, -0.2) is 0 Å². The maximum absolute atomic E-state index is 5.46. The number of nitrogens with two attached hydrogens (primary N) is 1. The van der Waals surface area contributed by atoms with E-state index in [1.54, 1.807) is 0 Å². The molecule has 0 spiro atoms. The zero-order chi connectivity index (χ0) is 9.26. The van der Waals surface area contributed by atoms with Gasteiger partial charge in [0.1, 0.15) is 4.32 Å². The molecule has 0 atom stereocenters. The normalized spacial score (nSPS) is 9.71. The van der Waals surface area contributed by atoms with E-state index >= 15 is 0 Å². The summed E-state index contributed by atoms with van der Waals surface area (Å²) >= 11 is 6.25. The van der Waals surface area contributed by atoms with E-state index in [0.717, 1.165) is 10.4 Å². The van der Waals surface area contributed by atoms with Crippen LogP contribution in [-0.4, -0.2) is 60.7 Å². The summed E-state index contributed by atoms with van der Waals surface area (Å²) in [5.74, 6) is 0. The Bertz CT molecular complexity index is 453. The Labute approximate surface area is 134 Å². The monoisotopic (exact) mass is 248 g/mol. The van der Waals surface area contributed by atoms with Gasteiger partial charge >= 0.3 is 51.4 Å². The molecule has 0 bridgehead atoms. The molecule has 0 aliphatic rings. The summed E-state index contributed by atoms with van der Waals surface area (Å²) in [4.78, 5) is 4.24. The summed E-state index contributed by atoms with van der Waals surface area (Å²) in [6.45, 7) is 0. The SMILES string of the molecule is NC(=S)Sc1c[nH]c2ccccc12.[KH]. The molecule has 1 aromatic carbocycles. The van der Waals surface area contributed by atoms with Gasteiger partial charge in [0.05, 0.1) is 0 Å². The van der Waals surface area contributed by atoms with Gasteiger partial charge in [-0.3, -0.25) is 0 Å². The second-order valence-corrected chi connectivity index (χ2v) is 4.40. The van der Waals surface area contributed by atoms with E-state index in [-0.39, 0.29) is 51.4 Å². The third-order valence-electron chi connectivity index (χ3n) is 1.76. The van der Waals surface area contributed by atoms with Crippen LogP contribution in [0.2, 0.25) is 0 Å². The molecule has 0 aliphatic heterocycles. The number of benzene rings is 1. The average molecular weight is 248 g/mol. The van der Waals surface area contributed by atoms with E-state index in [4.69, 9.17) is 18.0 Å². The van der Waals surface area contributed by atoms with Gasteiger partial charge in [-0.1, -0.05) is 42.2 Å². The molecule has 0 saturated carbocycles. The van der Waals surface area contributed by atoms with Crippen molar-refractivity contribution < 1.29 is 0 Å². The van der Waals surface area contributed by atoms with Crippen LogP contribution >= 0.6 is 24.0 Å². The Morgan fingerprint density at radius 2 is 2.07 bits per heavy atom. The average Bonchev–Trinajstić information content (AvgIpc) is 2.48. The number of H-pyrrole nitrogens is 1. The first-order valence-electron chi connectivity index (χ1n) is 3.81. The van der Waals surface area contributed by atoms with Gasteiger partial charge < -0.3 is 10.7 Å². The van der Waals surface area contributed by atoms with Crippen LogP contribution in [0.1, 0.15) is 0 Å². The molecule has 1 heterocycles. The number of thiocarbonyl (C=S) groups is 1. The fraction of sp³-hybridized carbons (Fsp3) is 0. The number of aromatic nitrogens is 1. The molecule has 68 valence electrons. The number of hydrogen-bond acceptors (Lipinski definition) is 2. The topological polar surface area (TPSA) is 41.8 Å². The van der Waals surface area contributed by atoms with E-state index in [0.29, 0.717) is 4.32 Å². The molecule has 1 aromatic heterocycles. The quantitative estimate of drug-likeness (QED) is 0.460. The molecule has 0 radical (unpaired) electrons. The van der Waals surface area contributed by atoms with E-state index in [9.17, 15) is 0 Å². The van der Waals surface area contributed by atoms with Crippen molar-refractivity contribution in [2.45, 2.75) is 4.90 Å². The molecule has 3 N–H and O–H groups in total. The van der Waals surface area contributed by atoms with Crippen LogP contribution in [-0.2, 0) is 0 Å². The van der Waals surface area contributed by atoms with Crippen molar-refractivity contribution in [1.82, 2.24) is 4.98 Å². The maximum atomic E-state index is 5.46. The molecule has 2 aromatic rings. The third kappa shape index (κ3) is 2.82. The summed E-state index contributed by atoms with van der Waals surface area (Å²) in [6.07, 6.45) is 1.93. The molecule has 5 heteroatoms. The van der Waals surface area contributed by atoms with E-state index in [1.165, 1.54) is 17.1 Å². The molecule has 0 unspecified atom stereocenters. The van der Waals surface area contributed by atoms with Crippen molar-refractivity contribution in [3.05, 3.63) is 30.5 Å². The van der Waals surface area contributed by atoms with Crippen molar-refractivity contribution in [2.75, 3.05) is 0 Å². The third-order valence-corrected chi connectivity index (χ3v) is 2.77. The van der Waals surface area contributed by atoms with Crippen molar-refractivity contribution >= 4 is 90.6 Å². The van der Waals surface area contributed by atoms with Crippen molar-refractivity contribution in [1.29, 1.82) is 0 Å². The minimum atomic E-state index is 0. The van der Waals surface area contributed by atoms with Crippen LogP contribution in [0, 0.1) is 0 Å². The summed E-state index contributed by atoms with van der Waals surface area (Å²) in [6, 6.07) is 8.07. The van der Waals surface area contributed by atoms with E-state index in [2.05, 4.69) is 4.98 Å². The summed E-state index contributed by atoms with van der Waals surface area (Å²) in [5.41, 5.74) is 6.57. The van der Waals surface area contributed by atoms with Gasteiger partial charge in [0, 0.05) is 22.0 Å². The number of fused-ring (bicyclic) bond motifs is 1. The molecular formula is C9H9KN2S2. The first-order valence-corrected chi connectivity index (χ1v) is 5.03. The first-order chi connectivity index (χ1) is 6.27. The first kappa shape index (κ1) is 12.7. The number of thioether (sulfide) groups is 1. The predicted molar refractivity (Wildman–Crippen MR) is 68.1 cm³/mol. The molecule has 2 nitrogen and oxygen atoms in total. The Morgan fingerprint density at radius 1 is 1.36 bits per heavy atom. The molecule has 0 fully saturated rings. The second-order valence-electron chi connectivity index (χ2n) is 2.62. The zero-order valence-corrected chi connectivity index (χ0v) is 8.41. The van der Waals surface area contributed by atoms with Crippen LogP contribution in [0.3, 0.4) is 0 Å². The summed E-state index contributed by atoms with van der Waals surface area (Å²) in [5, 5.41) is 1.17. The molecule has 0 amide bonds. The number of aromatic amines is 1. The number of para-hydroxylation sites is 1. The number of nitrogens with one attached hydrogen (secondary N) is 1. The van der Waals surface area contributed by atoms with Crippen molar-refractivity contribution in [2.24, 2.45) is 5.73 Å². The Hall–Kier alpha value is 0.636. The molecular weight excluding hydrogens is 239 g/mol. The Balaban J connectivity index is 0.000000980. The van der Waals surface area contributed by atoms with E-state index in [1.807, 2.05) is 30.5 Å². The fourth-order valence-electron chi connectivity index (χ4n) is 1.24. The van der Waals surface area contributed by atoms with Gasteiger partial charge in [-0.15, -0.1) is 0 Å². The molecule has 2 rings (SSSR count). The van der Waals surface area contributed by atoms with Crippen LogP contribution in [0.15, 0.2) is 35.4 Å². The van der Waals surface area contributed by atoms with Crippen molar-refractivity contribution in [3.8, 4) is 0 Å². The van der Waals surface area contributed by atoms with Crippen LogP contribution in [0.5, 0.6) is 0 Å². The predicted octanol–water partition coefficient (Wildman–Crippen LogP) is 1.86. The fourth-order valence-corrected chi connectivity index (χ4v) is 2.13. The standard InChI is InChI=1S/C9H8N2S2.K.H/c10-9(12)13-8-5-11-7-4-2-1-3-6(7)8;;/h1-5,11H,(H2,10,12);;. The van der Waals surface area contributed by atoms with Crippen LogP contribution in [0.4, 0.5) is 0 Å². The number of rotatable bonds is 1. The van der Waals surface area contributed by atoms with Gasteiger partial charge in [0.2, 0.25) is 0 Å². The molecule has 14 heavy (non-hydrogen) atoms. The van der Waals surface area contributed by atoms with Gasteiger partial charge in [-0.05, 0) is 6.07 Å². The zero-order valence-electron chi connectivity index (χ0n) is 6.78. The summed E-state index contributed by atoms with van der Waals surface area (Å²) in [7, 11) is 0. The summed E-state index contributed by atoms with van der Waals surface area (Å²) < 4.78 is 0.449. The van der Waals surface area contributed by atoms with Crippen molar-refractivity contribution in [3.63, 3.8) is 0 Å². The Morgan fingerprint density at radius 3 is 2.79 bits per heavy atom. The van der Waals surface area contributed by atoms with Crippen LogP contribution in [0.25, 0.3) is 10.9 Å². The van der Waals surface area contributed by atoms with Gasteiger partial charge in [0.25, 0.3) is 0 Å². The van der Waals surface area contributed by atoms with Gasteiger partial charge in [-0.2, -0.15) is 0 Å². The minimum absolute atomic E-state index is 0. The van der Waals surface area contributed by atoms with Crippen LogP contribution < -0.4 is 5.73 Å². The Kier molecular flexibility index (Phi) is 5.12. The second kappa shape index (κ2) is 5.65. The van der Waals surface area contributed by atoms with Gasteiger partial charge in [0.15, 0.2) is 0 Å². The molecule has 0 saturated heterocycles. The van der Waals surface area contributed by atoms with E-state index < -0.39 is 0 Å². The molecule has 0 aliphatic carbocycles. The number of hydrogen-bond donors (Lipinski definition) is 2.